The average molecular weight is 215 g/mol. The molecule has 0 heterocycles. The summed E-state index contributed by atoms with van der Waals surface area (Å²) in [6, 6.07) is 0. The third kappa shape index (κ3) is 4.67. The summed E-state index contributed by atoms with van der Waals surface area (Å²) in [6.07, 6.45) is 4.74. The molecule has 5 nitrogen and oxygen atoms in total. The van der Waals surface area contributed by atoms with E-state index in [0.717, 1.165) is 25.7 Å². The van der Waals surface area contributed by atoms with Crippen LogP contribution < -0.4 is 5.32 Å². The predicted octanol–water partition coefficient (Wildman–Crippen LogP) is 1.22. The number of esters is 1. The van der Waals surface area contributed by atoms with Gasteiger partial charge in [-0.05, 0) is 25.7 Å². The van der Waals surface area contributed by atoms with Gasteiger partial charge in [-0.3, -0.25) is 4.79 Å². The number of ether oxygens (including phenoxy) is 2. The summed E-state index contributed by atoms with van der Waals surface area (Å²) >= 11 is 0. The zero-order chi connectivity index (χ0) is 11.1. The monoisotopic (exact) mass is 215 g/mol. The van der Waals surface area contributed by atoms with Gasteiger partial charge >= 0.3 is 12.1 Å². The second kappa shape index (κ2) is 6.27. The van der Waals surface area contributed by atoms with Gasteiger partial charge in [-0.2, -0.15) is 0 Å². The predicted molar refractivity (Wildman–Crippen MR) is 53.4 cm³/mol. The third-order valence-electron chi connectivity index (χ3n) is 2.43. The number of methoxy groups -OCH3 is 1. The van der Waals surface area contributed by atoms with E-state index in [1.54, 1.807) is 0 Å². The van der Waals surface area contributed by atoms with E-state index in [-0.39, 0.29) is 12.6 Å². The Bertz CT molecular complexity index is 223. The molecule has 0 spiro atoms. The highest BCUT2D eigenvalue weighted by atomic mass is 16.6. The highest BCUT2D eigenvalue weighted by molar-refractivity contribution is 5.77. The lowest BCUT2D eigenvalue weighted by atomic mass is 9.98. The Morgan fingerprint density at radius 1 is 1.27 bits per heavy atom. The highest BCUT2D eigenvalue weighted by Gasteiger charge is 2.17. The molecule has 1 amide bonds. The van der Waals surface area contributed by atoms with Gasteiger partial charge in [-0.15, -0.1) is 0 Å². The Balaban J connectivity index is 2.14. The summed E-state index contributed by atoms with van der Waals surface area (Å²) in [5.74, 6) is -0.476. The minimum Gasteiger partial charge on any atom is -0.468 e. The fourth-order valence-corrected chi connectivity index (χ4v) is 1.59. The molecular weight excluding hydrogens is 198 g/mol. The van der Waals surface area contributed by atoms with Crippen molar-refractivity contribution >= 4 is 12.1 Å². The average Bonchev–Trinajstić information content (AvgIpc) is 2.27. The molecule has 5 heteroatoms. The molecule has 0 aliphatic heterocycles. The minimum absolute atomic E-state index is 0.0106. The van der Waals surface area contributed by atoms with E-state index in [0.29, 0.717) is 0 Å². The molecule has 1 aliphatic rings. The highest BCUT2D eigenvalue weighted by Crippen LogP contribution is 2.20. The van der Waals surface area contributed by atoms with Crippen molar-refractivity contribution in [1.29, 1.82) is 0 Å². The van der Waals surface area contributed by atoms with Gasteiger partial charge in [0.2, 0.25) is 0 Å². The lowest BCUT2D eigenvalue weighted by Gasteiger charge is -2.21. The van der Waals surface area contributed by atoms with Gasteiger partial charge in [-0.1, -0.05) is 6.42 Å². The van der Waals surface area contributed by atoms with Crippen molar-refractivity contribution in [3.05, 3.63) is 0 Å². The van der Waals surface area contributed by atoms with Crippen LogP contribution in [0.5, 0.6) is 0 Å². The third-order valence-corrected chi connectivity index (χ3v) is 2.43. The summed E-state index contributed by atoms with van der Waals surface area (Å²) in [7, 11) is 1.27. The van der Waals surface area contributed by atoms with Crippen LogP contribution in [-0.2, 0) is 14.3 Å². The first kappa shape index (κ1) is 11.8. The number of hydrogen-bond acceptors (Lipinski definition) is 4. The lowest BCUT2D eigenvalue weighted by Crippen LogP contribution is -2.34. The number of hydrogen-bond donors (Lipinski definition) is 1. The standard InChI is InChI=1S/C10H17NO4/c1-14-9(12)7-11-10(13)15-8-5-3-2-4-6-8/h8H,2-7H2,1H3,(H,11,13). The van der Waals surface area contributed by atoms with Crippen molar-refractivity contribution in [1.82, 2.24) is 5.32 Å². The van der Waals surface area contributed by atoms with E-state index in [9.17, 15) is 9.59 Å². The van der Waals surface area contributed by atoms with Gasteiger partial charge < -0.3 is 14.8 Å². The maximum atomic E-state index is 11.2. The minimum atomic E-state index is -0.535. The number of carbonyl (C=O) groups excluding carboxylic acids is 2. The first-order valence-electron chi connectivity index (χ1n) is 5.23. The summed E-state index contributed by atoms with van der Waals surface area (Å²) in [5, 5.41) is 2.34. The van der Waals surface area contributed by atoms with E-state index in [2.05, 4.69) is 10.1 Å². The maximum Gasteiger partial charge on any atom is 0.407 e. The van der Waals surface area contributed by atoms with Gasteiger partial charge in [0, 0.05) is 0 Å². The summed E-state index contributed by atoms with van der Waals surface area (Å²) < 4.78 is 9.51. The van der Waals surface area contributed by atoms with Crippen LogP contribution in [0.4, 0.5) is 4.79 Å². The number of rotatable bonds is 3. The molecule has 0 saturated heterocycles. The molecule has 0 aromatic rings. The van der Waals surface area contributed by atoms with Crippen molar-refractivity contribution in [2.24, 2.45) is 0 Å². The second-order valence-corrected chi connectivity index (χ2v) is 3.60. The first-order valence-corrected chi connectivity index (χ1v) is 5.23. The van der Waals surface area contributed by atoms with E-state index < -0.39 is 12.1 Å². The molecule has 86 valence electrons. The van der Waals surface area contributed by atoms with Crippen LogP contribution in [0.15, 0.2) is 0 Å². The maximum absolute atomic E-state index is 11.2. The molecule has 1 fully saturated rings. The molecule has 0 atom stereocenters. The molecule has 1 saturated carbocycles. The van der Waals surface area contributed by atoms with Gasteiger partial charge in [-0.25, -0.2) is 4.79 Å². The molecule has 1 N–H and O–H groups in total. The number of nitrogens with one attached hydrogen (secondary N) is 1. The van der Waals surface area contributed by atoms with Gasteiger partial charge in [0.1, 0.15) is 12.6 Å². The lowest BCUT2D eigenvalue weighted by molar-refractivity contribution is -0.139. The Labute approximate surface area is 89.1 Å². The van der Waals surface area contributed by atoms with Gasteiger partial charge in [0.25, 0.3) is 0 Å². The van der Waals surface area contributed by atoms with Crippen LogP contribution in [0.2, 0.25) is 0 Å². The van der Waals surface area contributed by atoms with E-state index in [1.165, 1.54) is 13.5 Å². The normalized spacial score (nSPS) is 16.9. The quantitative estimate of drug-likeness (QED) is 0.719. The van der Waals surface area contributed by atoms with Crippen molar-refractivity contribution in [3.8, 4) is 0 Å². The largest absolute Gasteiger partial charge is 0.468 e. The first-order chi connectivity index (χ1) is 7.22. The SMILES string of the molecule is COC(=O)CNC(=O)OC1CCCCC1. The Kier molecular flexibility index (Phi) is 4.93. The zero-order valence-electron chi connectivity index (χ0n) is 8.95. The molecule has 1 rings (SSSR count). The Morgan fingerprint density at radius 3 is 2.53 bits per heavy atom. The number of carbonyl (C=O) groups is 2. The molecule has 0 aromatic carbocycles. The molecular formula is C10H17NO4. The molecule has 1 aliphatic carbocycles. The van der Waals surface area contributed by atoms with Crippen LogP contribution in [0.1, 0.15) is 32.1 Å². The van der Waals surface area contributed by atoms with Crippen molar-refractivity contribution in [3.63, 3.8) is 0 Å². The van der Waals surface area contributed by atoms with Crippen molar-refractivity contribution < 1.29 is 19.1 Å². The fourth-order valence-electron chi connectivity index (χ4n) is 1.59. The number of amides is 1. The molecule has 0 unspecified atom stereocenters. The van der Waals surface area contributed by atoms with Gasteiger partial charge in [0.15, 0.2) is 0 Å². The van der Waals surface area contributed by atoms with Crippen LogP contribution >= 0.6 is 0 Å². The summed E-state index contributed by atoms with van der Waals surface area (Å²) in [4.78, 5) is 21.9. The summed E-state index contributed by atoms with van der Waals surface area (Å²) in [6.45, 7) is -0.137. The molecule has 0 radical (unpaired) electrons. The second-order valence-electron chi connectivity index (χ2n) is 3.60. The fraction of sp³-hybridized carbons (Fsp3) is 0.800. The van der Waals surface area contributed by atoms with E-state index in [1.807, 2.05) is 0 Å². The number of alkyl carbamates (subject to hydrolysis) is 1. The van der Waals surface area contributed by atoms with Crippen molar-refractivity contribution in [2.45, 2.75) is 38.2 Å². The van der Waals surface area contributed by atoms with Crippen LogP contribution in [-0.4, -0.2) is 31.8 Å². The molecule has 0 bridgehead atoms. The zero-order valence-corrected chi connectivity index (χ0v) is 8.95. The molecule has 15 heavy (non-hydrogen) atoms. The Morgan fingerprint density at radius 2 is 1.93 bits per heavy atom. The van der Waals surface area contributed by atoms with Crippen LogP contribution in [0.3, 0.4) is 0 Å². The Hall–Kier alpha value is -1.26. The smallest absolute Gasteiger partial charge is 0.407 e. The van der Waals surface area contributed by atoms with Crippen LogP contribution in [0, 0.1) is 0 Å². The van der Waals surface area contributed by atoms with E-state index in [4.69, 9.17) is 4.74 Å². The topological polar surface area (TPSA) is 64.6 Å². The summed E-state index contributed by atoms with van der Waals surface area (Å²) in [5.41, 5.74) is 0. The molecule has 0 aromatic heterocycles. The van der Waals surface area contributed by atoms with Crippen molar-refractivity contribution in [2.75, 3.05) is 13.7 Å². The van der Waals surface area contributed by atoms with Gasteiger partial charge in [0.05, 0.1) is 7.11 Å². The van der Waals surface area contributed by atoms with Crippen LogP contribution in [0.25, 0.3) is 0 Å². The van der Waals surface area contributed by atoms with E-state index >= 15 is 0 Å².